The summed E-state index contributed by atoms with van der Waals surface area (Å²) in [6.45, 7) is 0.0110. The summed E-state index contributed by atoms with van der Waals surface area (Å²) in [5, 5.41) is 21.1. The molecule has 1 heterocycles. The summed E-state index contributed by atoms with van der Waals surface area (Å²) in [6.07, 6.45) is 0. The molecule has 3 aromatic rings. The van der Waals surface area contributed by atoms with Crippen LogP contribution in [-0.4, -0.2) is 33.9 Å². The fourth-order valence-electron chi connectivity index (χ4n) is 3.80. The van der Waals surface area contributed by atoms with Gasteiger partial charge in [-0.1, -0.05) is 35.9 Å². The maximum atomic E-state index is 13.3. The van der Waals surface area contributed by atoms with E-state index in [2.05, 4.69) is 0 Å². The van der Waals surface area contributed by atoms with Gasteiger partial charge in [0.25, 0.3) is 11.7 Å². The Labute approximate surface area is 194 Å². The molecule has 33 heavy (non-hydrogen) atoms. The lowest BCUT2D eigenvalue weighted by atomic mass is 9.95. The molecule has 8 heteroatoms. The van der Waals surface area contributed by atoms with Gasteiger partial charge in [0.2, 0.25) is 0 Å². The van der Waals surface area contributed by atoms with Crippen molar-refractivity contribution in [2.45, 2.75) is 12.6 Å². The summed E-state index contributed by atoms with van der Waals surface area (Å²) in [5.74, 6) is -2.17. The Kier molecular flexibility index (Phi) is 6.07. The Morgan fingerprint density at radius 1 is 1.06 bits per heavy atom. The minimum atomic E-state index is -0.933. The quantitative estimate of drug-likeness (QED) is 0.319. The van der Waals surface area contributed by atoms with Crippen LogP contribution in [0.5, 0.6) is 11.5 Å². The van der Waals surface area contributed by atoms with Crippen LogP contribution in [0.1, 0.15) is 22.7 Å². The number of aliphatic hydroxyl groups is 1. The van der Waals surface area contributed by atoms with Gasteiger partial charge in [0.1, 0.15) is 23.1 Å². The van der Waals surface area contributed by atoms with E-state index >= 15 is 0 Å². The topological polar surface area (TPSA) is 87.1 Å². The zero-order valence-electron chi connectivity index (χ0n) is 17.5. The minimum Gasteiger partial charge on any atom is -0.508 e. The highest BCUT2D eigenvalue weighted by Gasteiger charge is 2.46. The first-order valence-corrected chi connectivity index (χ1v) is 10.3. The second-order valence-corrected chi connectivity index (χ2v) is 7.90. The molecule has 1 fully saturated rings. The average Bonchev–Trinajstić information content (AvgIpc) is 3.06. The molecular weight excluding hydrogens is 449 g/mol. The average molecular weight is 468 g/mol. The number of phenolic OH excluding ortho intramolecular Hbond substituents is 1. The molecule has 3 aromatic carbocycles. The van der Waals surface area contributed by atoms with Gasteiger partial charge in [0, 0.05) is 12.1 Å². The number of nitrogens with zero attached hydrogens (tertiary/aromatic N) is 1. The number of likely N-dealkylation sites (tertiary alicyclic amines) is 1. The number of benzene rings is 3. The zero-order valence-corrected chi connectivity index (χ0v) is 18.2. The Hall–Kier alpha value is -3.84. The van der Waals surface area contributed by atoms with Crippen molar-refractivity contribution in [2.75, 3.05) is 7.11 Å². The molecule has 1 unspecified atom stereocenters. The Balaban J connectivity index is 1.86. The fraction of sp³-hybridized carbons (Fsp3) is 0.120. The van der Waals surface area contributed by atoms with Gasteiger partial charge < -0.3 is 19.8 Å². The fourth-order valence-corrected chi connectivity index (χ4v) is 3.99. The number of aliphatic hydroxyl groups excluding tert-OH is 1. The number of amides is 1. The second-order valence-electron chi connectivity index (χ2n) is 7.49. The number of phenols is 1. The number of ether oxygens (including phenoxy) is 1. The number of carbonyl (C=O) groups excluding carboxylic acids is 2. The Morgan fingerprint density at radius 3 is 2.36 bits per heavy atom. The van der Waals surface area contributed by atoms with Crippen LogP contribution >= 0.6 is 11.6 Å². The molecule has 1 atom stereocenters. The summed E-state index contributed by atoms with van der Waals surface area (Å²) < 4.78 is 18.5. The summed E-state index contributed by atoms with van der Waals surface area (Å²) in [6, 6.07) is 15.1. The van der Waals surface area contributed by atoms with E-state index in [0.29, 0.717) is 21.9 Å². The molecule has 1 aliphatic rings. The molecular formula is C25H19ClFNO5. The van der Waals surface area contributed by atoms with Gasteiger partial charge >= 0.3 is 0 Å². The van der Waals surface area contributed by atoms with Crippen LogP contribution in [0.15, 0.2) is 72.3 Å². The highest BCUT2D eigenvalue weighted by Crippen LogP contribution is 2.41. The van der Waals surface area contributed by atoms with Crippen molar-refractivity contribution in [2.24, 2.45) is 0 Å². The highest BCUT2D eigenvalue weighted by molar-refractivity contribution is 6.46. The monoisotopic (exact) mass is 467 g/mol. The third-order valence-electron chi connectivity index (χ3n) is 5.44. The van der Waals surface area contributed by atoms with Crippen LogP contribution in [0.25, 0.3) is 5.76 Å². The lowest BCUT2D eigenvalue weighted by molar-refractivity contribution is -0.140. The van der Waals surface area contributed by atoms with Gasteiger partial charge in [0.05, 0.1) is 23.7 Å². The van der Waals surface area contributed by atoms with Crippen LogP contribution in [0.2, 0.25) is 5.02 Å². The summed E-state index contributed by atoms with van der Waals surface area (Å²) in [4.78, 5) is 27.4. The largest absolute Gasteiger partial charge is 0.508 e. The van der Waals surface area contributed by atoms with Crippen molar-refractivity contribution in [3.05, 3.63) is 99.8 Å². The number of hydrogen-bond acceptors (Lipinski definition) is 5. The Morgan fingerprint density at radius 2 is 1.73 bits per heavy atom. The molecule has 2 N–H and O–H groups in total. The van der Waals surface area contributed by atoms with E-state index in [-0.39, 0.29) is 29.2 Å². The molecule has 168 valence electrons. The lowest BCUT2D eigenvalue weighted by Gasteiger charge is -2.25. The van der Waals surface area contributed by atoms with Crippen LogP contribution in [0.3, 0.4) is 0 Å². The molecule has 0 radical (unpaired) electrons. The van der Waals surface area contributed by atoms with E-state index in [1.165, 1.54) is 66.6 Å². The number of rotatable bonds is 5. The van der Waals surface area contributed by atoms with Gasteiger partial charge in [0.15, 0.2) is 0 Å². The molecule has 0 spiro atoms. The van der Waals surface area contributed by atoms with Crippen molar-refractivity contribution in [1.29, 1.82) is 0 Å². The predicted octanol–water partition coefficient (Wildman–Crippen LogP) is 4.82. The van der Waals surface area contributed by atoms with E-state index < -0.39 is 23.5 Å². The summed E-state index contributed by atoms with van der Waals surface area (Å²) in [7, 11) is 1.42. The van der Waals surface area contributed by atoms with E-state index in [0.717, 1.165) is 0 Å². The van der Waals surface area contributed by atoms with Crippen molar-refractivity contribution < 1.29 is 28.9 Å². The van der Waals surface area contributed by atoms with Crippen LogP contribution in [0.4, 0.5) is 4.39 Å². The SMILES string of the molecule is COc1cc(/C(O)=C2/C(=O)C(=O)N(Cc3ccc(F)cc3)C2c2ccc(O)cc2)ccc1Cl. The lowest BCUT2D eigenvalue weighted by Crippen LogP contribution is -2.29. The van der Waals surface area contributed by atoms with Gasteiger partial charge in [-0.3, -0.25) is 9.59 Å². The number of halogens is 2. The van der Waals surface area contributed by atoms with Gasteiger partial charge in [-0.2, -0.15) is 0 Å². The number of ketones is 1. The molecule has 0 saturated carbocycles. The van der Waals surface area contributed by atoms with Gasteiger partial charge in [-0.25, -0.2) is 4.39 Å². The van der Waals surface area contributed by atoms with Crippen LogP contribution < -0.4 is 4.74 Å². The van der Waals surface area contributed by atoms with Gasteiger partial charge in [-0.05, 0) is 53.6 Å². The minimum absolute atomic E-state index is 0.0108. The number of hydrogen-bond donors (Lipinski definition) is 2. The summed E-state index contributed by atoms with van der Waals surface area (Å²) in [5.41, 5.74) is 1.25. The first-order valence-electron chi connectivity index (χ1n) is 9.96. The van der Waals surface area contributed by atoms with E-state index in [4.69, 9.17) is 16.3 Å². The zero-order chi connectivity index (χ0) is 23.7. The number of carbonyl (C=O) groups is 2. The van der Waals surface area contributed by atoms with Crippen molar-refractivity contribution >= 4 is 29.1 Å². The smallest absolute Gasteiger partial charge is 0.295 e. The summed E-state index contributed by atoms with van der Waals surface area (Å²) >= 11 is 6.07. The van der Waals surface area contributed by atoms with Crippen molar-refractivity contribution in [3.8, 4) is 11.5 Å². The first-order chi connectivity index (χ1) is 15.8. The molecule has 0 bridgehead atoms. The highest BCUT2D eigenvalue weighted by atomic mass is 35.5. The normalized spacial score (nSPS) is 17.4. The standard InChI is InChI=1S/C25H19ClFNO5/c1-33-20-12-16(6-11-19(20)26)23(30)21-22(15-4-9-18(29)10-5-15)28(25(32)24(21)31)13-14-2-7-17(27)8-3-14/h2-12,22,29-30H,13H2,1H3/b23-21-. The van der Waals surface area contributed by atoms with Gasteiger partial charge in [-0.15, -0.1) is 0 Å². The molecule has 1 saturated heterocycles. The number of methoxy groups -OCH3 is 1. The third-order valence-corrected chi connectivity index (χ3v) is 5.75. The third kappa shape index (κ3) is 4.27. The van der Waals surface area contributed by atoms with E-state index in [9.17, 15) is 24.2 Å². The van der Waals surface area contributed by atoms with Crippen molar-refractivity contribution in [3.63, 3.8) is 0 Å². The molecule has 1 amide bonds. The maximum Gasteiger partial charge on any atom is 0.295 e. The number of aromatic hydroxyl groups is 1. The van der Waals surface area contributed by atoms with E-state index in [1.807, 2.05) is 0 Å². The first kappa shape index (κ1) is 22.4. The van der Waals surface area contributed by atoms with Crippen LogP contribution in [-0.2, 0) is 16.1 Å². The molecule has 1 aliphatic heterocycles. The second kappa shape index (κ2) is 8.96. The Bertz CT molecular complexity index is 1250. The maximum absolute atomic E-state index is 13.3. The van der Waals surface area contributed by atoms with Crippen LogP contribution in [0, 0.1) is 5.82 Å². The molecule has 0 aromatic heterocycles. The predicted molar refractivity (Wildman–Crippen MR) is 120 cm³/mol. The molecule has 4 rings (SSSR count). The molecule has 0 aliphatic carbocycles. The van der Waals surface area contributed by atoms with Crippen molar-refractivity contribution in [1.82, 2.24) is 4.90 Å². The molecule has 6 nitrogen and oxygen atoms in total. The van der Waals surface area contributed by atoms with E-state index in [1.54, 1.807) is 12.1 Å². The number of Topliss-reactive ketones (excluding diaryl/α,β-unsaturated/α-hetero) is 1.